The minimum absolute atomic E-state index is 0.229. The first-order valence-corrected chi connectivity index (χ1v) is 8.02. The quantitative estimate of drug-likeness (QED) is 0.839. The van der Waals surface area contributed by atoms with E-state index >= 15 is 0 Å². The molecule has 18 heavy (non-hydrogen) atoms. The van der Waals surface area contributed by atoms with Crippen LogP contribution in [0.25, 0.3) is 0 Å². The van der Waals surface area contributed by atoms with Crippen LogP contribution in [0.1, 0.15) is 33.1 Å². The van der Waals surface area contributed by atoms with Crippen molar-refractivity contribution in [2.24, 2.45) is 11.8 Å². The Balaban J connectivity index is 2.20. The Kier molecular flexibility index (Phi) is 4.33. The Morgan fingerprint density at radius 2 is 1.83 bits per heavy atom. The summed E-state index contributed by atoms with van der Waals surface area (Å²) in [5.41, 5.74) is 6.47. The summed E-state index contributed by atoms with van der Waals surface area (Å²) >= 11 is 5.87. The molecule has 1 saturated carbocycles. The minimum atomic E-state index is -1.01. The van der Waals surface area contributed by atoms with Gasteiger partial charge in [0.05, 0.1) is 15.7 Å². The molecular formula is C14H20ClNOS. The lowest BCUT2D eigenvalue weighted by molar-refractivity contribution is 0.305. The van der Waals surface area contributed by atoms with Gasteiger partial charge in [0.25, 0.3) is 0 Å². The van der Waals surface area contributed by atoms with Crippen LogP contribution in [0.2, 0.25) is 5.02 Å². The first-order valence-electron chi connectivity index (χ1n) is 6.43. The van der Waals surface area contributed by atoms with Crippen molar-refractivity contribution in [2.45, 2.75) is 43.3 Å². The van der Waals surface area contributed by atoms with Crippen LogP contribution in [-0.4, -0.2) is 9.46 Å². The number of benzene rings is 1. The summed E-state index contributed by atoms with van der Waals surface area (Å²) in [6, 6.07) is 5.25. The van der Waals surface area contributed by atoms with Crippen molar-refractivity contribution in [1.29, 1.82) is 0 Å². The summed E-state index contributed by atoms with van der Waals surface area (Å²) < 4.78 is 12.6. The van der Waals surface area contributed by atoms with Crippen molar-refractivity contribution in [1.82, 2.24) is 0 Å². The molecule has 0 radical (unpaired) electrons. The fraction of sp³-hybridized carbons (Fsp3) is 0.571. The topological polar surface area (TPSA) is 43.1 Å². The second kappa shape index (κ2) is 5.62. The highest BCUT2D eigenvalue weighted by Crippen LogP contribution is 2.34. The maximum absolute atomic E-state index is 12.6. The van der Waals surface area contributed by atoms with Crippen LogP contribution < -0.4 is 5.73 Å². The van der Waals surface area contributed by atoms with Gasteiger partial charge in [0.2, 0.25) is 0 Å². The van der Waals surface area contributed by atoms with E-state index in [-0.39, 0.29) is 5.25 Å². The second-order valence-electron chi connectivity index (χ2n) is 5.52. The molecule has 2 rings (SSSR count). The Morgan fingerprint density at radius 3 is 2.39 bits per heavy atom. The summed E-state index contributed by atoms with van der Waals surface area (Å²) in [6.07, 6.45) is 3.29. The third-order valence-corrected chi connectivity index (χ3v) is 5.66. The first kappa shape index (κ1) is 13.9. The van der Waals surface area contributed by atoms with Crippen LogP contribution in [0.3, 0.4) is 0 Å². The zero-order valence-corrected chi connectivity index (χ0v) is 12.4. The molecule has 100 valence electrons. The molecular weight excluding hydrogens is 266 g/mol. The summed E-state index contributed by atoms with van der Waals surface area (Å²) in [7, 11) is -1.01. The molecule has 3 atom stereocenters. The Morgan fingerprint density at radius 1 is 1.22 bits per heavy atom. The van der Waals surface area contributed by atoms with Crippen LogP contribution in [0.5, 0.6) is 0 Å². The molecule has 1 aromatic carbocycles. The summed E-state index contributed by atoms with van der Waals surface area (Å²) in [6.45, 7) is 4.48. The number of hydrogen-bond donors (Lipinski definition) is 1. The van der Waals surface area contributed by atoms with E-state index in [9.17, 15) is 4.21 Å². The van der Waals surface area contributed by atoms with Gasteiger partial charge in [-0.05, 0) is 49.3 Å². The van der Waals surface area contributed by atoms with Gasteiger partial charge in [0, 0.05) is 16.0 Å². The SMILES string of the molecule is CC1CC(C)CC(S(=O)c2ccc(Cl)cc2N)C1. The van der Waals surface area contributed by atoms with Crippen molar-refractivity contribution >= 4 is 28.1 Å². The first-order chi connectivity index (χ1) is 8.47. The van der Waals surface area contributed by atoms with Gasteiger partial charge in [-0.2, -0.15) is 0 Å². The highest BCUT2D eigenvalue weighted by atomic mass is 35.5. The zero-order chi connectivity index (χ0) is 13.3. The smallest absolute Gasteiger partial charge is 0.0621 e. The van der Waals surface area contributed by atoms with Crippen LogP contribution in [0, 0.1) is 11.8 Å². The zero-order valence-electron chi connectivity index (χ0n) is 10.9. The lowest BCUT2D eigenvalue weighted by Crippen LogP contribution is -2.27. The molecule has 0 aromatic heterocycles. The van der Waals surface area contributed by atoms with Gasteiger partial charge >= 0.3 is 0 Å². The highest BCUT2D eigenvalue weighted by Gasteiger charge is 2.29. The Bertz CT molecular complexity index is 453. The van der Waals surface area contributed by atoms with E-state index in [0.29, 0.717) is 22.5 Å². The van der Waals surface area contributed by atoms with Gasteiger partial charge in [-0.15, -0.1) is 0 Å². The van der Waals surface area contributed by atoms with Crippen molar-refractivity contribution in [2.75, 3.05) is 5.73 Å². The molecule has 0 bridgehead atoms. The highest BCUT2D eigenvalue weighted by molar-refractivity contribution is 7.85. The van der Waals surface area contributed by atoms with Gasteiger partial charge in [0.1, 0.15) is 0 Å². The third kappa shape index (κ3) is 3.07. The molecule has 0 amide bonds. The van der Waals surface area contributed by atoms with Gasteiger partial charge < -0.3 is 5.73 Å². The Hall–Kier alpha value is -0.540. The molecule has 0 aliphatic heterocycles. The molecule has 1 fully saturated rings. The van der Waals surface area contributed by atoms with E-state index in [4.69, 9.17) is 17.3 Å². The predicted molar refractivity (Wildman–Crippen MR) is 78.2 cm³/mol. The van der Waals surface area contributed by atoms with Gasteiger partial charge in [-0.1, -0.05) is 25.4 Å². The molecule has 1 aliphatic rings. The van der Waals surface area contributed by atoms with E-state index < -0.39 is 10.8 Å². The molecule has 4 heteroatoms. The van der Waals surface area contributed by atoms with Gasteiger partial charge in [-0.25, -0.2) is 0 Å². The molecule has 1 aromatic rings. The van der Waals surface area contributed by atoms with E-state index in [1.165, 1.54) is 6.42 Å². The third-order valence-electron chi connectivity index (χ3n) is 3.63. The predicted octanol–water partition coefficient (Wildman–Crippen LogP) is 3.85. The lowest BCUT2D eigenvalue weighted by Gasteiger charge is -2.31. The molecule has 3 unspecified atom stereocenters. The average Bonchev–Trinajstić information content (AvgIpc) is 2.26. The minimum Gasteiger partial charge on any atom is -0.398 e. The largest absolute Gasteiger partial charge is 0.398 e. The summed E-state index contributed by atoms with van der Waals surface area (Å²) in [4.78, 5) is 0.741. The van der Waals surface area contributed by atoms with Crippen molar-refractivity contribution in [3.63, 3.8) is 0 Å². The van der Waals surface area contributed by atoms with Crippen LogP contribution in [0.4, 0.5) is 5.69 Å². The fourth-order valence-electron chi connectivity index (χ4n) is 2.93. The standard InChI is InChI=1S/C14H20ClNOS/c1-9-5-10(2)7-12(6-9)18(17)14-4-3-11(15)8-13(14)16/h3-4,8-10,12H,5-7,16H2,1-2H3. The molecule has 0 saturated heterocycles. The maximum Gasteiger partial charge on any atom is 0.0621 e. The normalized spacial score (nSPS) is 30.1. The van der Waals surface area contributed by atoms with Gasteiger partial charge in [0.15, 0.2) is 0 Å². The van der Waals surface area contributed by atoms with E-state index in [1.54, 1.807) is 18.2 Å². The van der Waals surface area contributed by atoms with E-state index in [1.807, 2.05) is 0 Å². The molecule has 2 N–H and O–H groups in total. The van der Waals surface area contributed by atoms with E-state index in [2.05, 4.69) is 13.8 Å². The number of anilines is 1. The number of nitrogens with two attached hydrogens (primary N) is 1. The monoisotopic (exact) mass is 285 g/mol. The van der Waals surface area contributed by atoms with Crippen molar-refractivity contribution in [3.8, 4) is 0 Å². The summed E-state index contributed by atoms with van der Waals surface area (Å²) in [5, 5.41) is 0.825. The fourth-order valence-corrected chi connectivity index (χ4v) is 4.97. The number of hydrogen-bond acceptors (Lipinski definition) is 2. The van der Waals surface area contributed by atoms with Crippen molar-refractivity contribution in [3.05, 3.63) is 23.2 Å². The number of nitrogen functional groups attached to an aromatic ring is 1. The Labute approximate surface area is 116 Å². The second-order valence-corrected chi connectivity index (χ2v) is 7.66. The van der Waals surface area contributed by atoms with E-state index in [0.717, 1.165) is 17.7 Å². The summed E-state index contributed by atoms with van der Waals surface area (Å²) in [5.74, 6) is 1.30. The molecule has 0 heterocycles. The number of halogens is 1. The molecule has 1 aliphatic carbocycles. The number of rotatable bonds is 2. The lowest BCUT2D eigenvalue weighted by atomic mass is 9.83. The maximum atomic E-state index is 12.6. The van der Waals surface area contributed by atoms with Crippen molar-refractivity contribution < 1.29 is 4.21 Å². The molecule has 0 spiro atoms. The van der Waals surface area contributed by atoms with Crippen LogP contribution in [0.15, 0.2) is 23.1 Å². The average molecular weight is 286 g/mol. The van der Waals surface area contributed by atoms with Crippen LogP contribution in [-0.2, 0) is 10.8 Å². The van der Waals surface area contributed by atoms with Crippen LogP contribution >= 0.6 is 11.6 Å². The van der Waals surface area contributed by atoms with Gasteiger partial charge in [-0.3, -0.25) is 4.21 Å². The molecule has 2 nitrogen and oxygen atoms in total.